The summed E-state index contributed by atoms with van der Waals surface area (Å²) in [5.41, 5.74) is 1.30. The van der Waals surface area contributed by atoms with Gasteiger partial charge >= 0.3 is 5.97 Å². The van der Waals surface area contributed by atoms with Crippen LogP contribution in [0.5, 0.6) is 0 Å². The number of carbonyl (C=O) groups is 1. The molecule has 2 heterocycles. The van der Waals surface area contributed by atoms with Crippen LogP contribution in [-0.4, -0.2) is 22.6 Å². The van der Waals surface area contributed by atoms with Crippen LogP contribution in [0.3, 0.4) is 0 Å². The Morgan fingerprint density at radius 2 is 2.00 bits per heavy atom. The average molecular weight is 470 g/mol. The predicted octanol–water partition coefficient (Wildman–Crippen LogP) is 2.97. The van der Waals surface area contributed by atoms with Crippen LogP contribution in [0.4, 0.5) is 5.69 Å². The molecule has 0 fully saturated rings. The van der Waals surface area contributed by atoms with Crippen LogP contribution in [0.2, 0.25) is 5.02 Å². The number of rotatable bonds is 4. The quantitative estimate of drug-likeness (QED) is 0.332. The molecule has 2 aromatic carbocycles. The molecule has 0 saturated carbocycles. The van der Waals surface area contributed by atoms with Crippen molar-refractivity contribution in [1.29, 1.82) is 0 Å². The van der Waals surface area contributed by atoms with Gasteiger partial charge in [-0.2, -0.15) is 0 Å². The molecule has 1 atom stereocenters. The van der Waals surface area contributed by atoms with Crippen LogP contribution in [0.25, 0.3) is 6.08 Å². The minimum absolute atomic E-state index is 0.0102. The second kappa shape index (κ2) is 8.52. The summed E-state index contributed by atoms with van der Waals surface area (Å²) >= 11 is 7.03. The maximum atomic E-state index is 13.4. The second-order valence-electron chi connectivity index (χ2n) is 6.95. The lowest BCUT2D eigenvalue weighted by molar-refractivity contribution is -0.384. The number of fused-ring (bicyclic) bond motifs is 1. The first-order valence-electron chi connectivity index (χ1n) is 9.41. The number of allylic oxidation sites excluding steroid dienone is 1. The first-order chi connectivity index (χ1) is 15.3. The van der Waals surface area contributed by atoms with Crippen molar-refractivity contribution < 1.29 is 14.5 Å². The molecule has 0 bridgehead atoms. The highest BCUT2D eigenvalue weighted by atomic mass is 35.5. The predicted molar refractivity (Wildman–Crippen MR) is 120 cm³/mol. The van der Waals surface area contributed by atoms with Crippen molar-refractivity contribution in [2.45, 2.75) is 13.0 Å². The van der Waals surface area contributed by atoms with Gasteiger partial charge in [0.25, 0.3) is 11.2 Å². The first kappa shape index (κ1) is 21.7. The van der Waals surface area contributed by atoms with Crippen molar-refractivity contribution in [2.24, 2.45) is 4.99 Å². The number of halogens is 1. The molecule has 4 rings (SSSR count). The van der Waals surface area contributed by atoms with E-state index in [4.69, 9.17) is 16.3 Å². The number of nitro benzene ring substituents is 1. The van der Waals surface area contributed by atoms with Crippen molar-refractivity contribution in [1.82, 2.24) is 4.57 Å². The zero-order valence-corrected chi connectivity index (χ0v) is 18.5. The highest BCUT2D eigenvalue weighted by Gasteiger charge is 2.32. The van der Waals surface area contributed by atoms with Crippen LogP contribution in [0.15, 0.2) is 69.6 Å². The Bertz CT molecular complexity index is 1460. The molecule has 3 aromatic rings. The number of carbonyl (C=O) groups excluding carboxylic acids is 1. The van der Waals surface area contributed by atoms with Gasteiger partial charge in [0.2, 0.25) is 0 Å². The summed E-state index contributed by atoms with van der Waals surface area (Å²) in [5.74, 6) is -0.567. The molecule has 0 aliphatic carbocycles. The summed E-state index contributed by atoms with van der Waals surface area (Å²) in [4.78, 5) is 41.5. The van der Waals surface area contributed by atoms with Gasteiger partial charge in [0.05, 0.1) is 33.9 Å². The summed E-state index contributed by atoms with van der Waals surface area (Å²) in [7, 11) is 1.28. The fourth-order valence-electron chi connectivity index (χ4n) is 3.55. The molecule has 1 unspecified atom stereocenters. The summed E-state index contributed by atoms with van der Waals surface area (Å²) in [6.07, 6.45) is 1.55. The van der Waals surface area contributed by atoms with Gasteiger partial charge < -0.3 is 4.74 Å². The standard InChI is InChI=1S/C22H16ClN3O5S/c1-12-18(21(28)31-2)19(14-6-4-3-5-7-14)25-20(27)17(32-22(25)24-12)11-13-8-9-15(23)16(10-13)26(29)30/h3-11,19H,1-2H3. The minimum Gasteiger partial charge on any atom is -0.466 e. The minimum atomic E-state index is -0.707. The number of hydrogen-bond acceptors (Lipinski definition) is 7. The largest absolute Gasteiger partial charge is 0.466 e. The molecule has 0 radical (unpaired) electrons. The molecular formula is C22H16ClN3O5S. The van der Waals surface area contributed by atoms with E-state index in [1.165, 1.54) is 23.8 Å². The highest BCUT2D eigenvalue weighted by molar-refractivity contribution is 7.07. The van der Waals surface area contributed by atoms with Crippen LogP contribution in [0, 0.1) is 10.1 Å². The molecule has 8 nitrogen and oxygen atoms in total. The molecule has 1 aliphatic rings. The van der Waals surface area contributed by atoms with Crippen molar-refractivity contribution >= 4 is 40.7 Å². The molecule has 0 spiro atoms. The topological polar surface area (TPSA) is 104 Å². The van der Waals surface area contributed by atoms with Gasteiger partial charge in [-0.3, -0.25) is 19.5 Å². The van der Waals surface area contributed by atoms with Crippen molar-refractivity contribution in [3.63, 3.8) is 0 Å². The molecule has 10 heteroatoms. The fourth-order valence-corrected chi connectivity index (χ4v) is 4.79. The van der Waals surface area contributed by atoms with Crippen molar-refractivity contribution in [2.75, 3.05) is 7.11 Å². The number of nitro groups is 1. The maximum Gasteiger partial charge on any atom is 0.338 e. The van der Waals surface area contributed by atoms with Crippen LogP contribution >= 0.6 is 22.9 Å². The molecule has 1 aromatic heterocycles. The lowest BCUT2D eigenvalue weighted by atomic mass is 9.96. The van der Waals surface area contributed by atoms with Crippen LogP contribution in [-0.2, 0) is 9.53 Å². The Labute approximate surface area is 190 Å². The highest BCUT2D eigenvalue weighted by Crippen LogP contribution is 2.30. The van der Waals surface area contributed by atoms with E-state index in [1.54, 1.807) is 19.1 Å². The maximum absolute atomic E-state index is 13.4. The van der Waals surface area contributed by atoms with E-state index < -0.39 is 16.9 Å². The lowest BCUT2D eigenvalue weighted by Crippen LogP contribution is -2.39. The Kier molecular flexibility index (Phi) is 5.77. The van der Waals surface area contributed by atoms with E-state index in [0.717, 1.165) is 16.9 Å². The molecule has 0 saturated heterocycles. The number of thiazole rings is 1. The number of benzene rings is 2. The number of esters is 1. The smallest absolute Gasteiger partial charge is 0.338 e. The van der Waals surface area contributed by atoms with E-state index in [1.807, 2.05) is 30.3 Å². The van der Waals surface area contributed by atoms with Gasteiger partial charge in [-0.1, -0.05) is 59.3 Å². The Hall–Kier alpha value is -3.56. The molecule has 1 aliphatic heterocycles. The summed E-state index contributed by atoms with van der Waals surface area (Å²) in [5, 5.41) is 11.2. The Balaban J connectivity index is 1.95. The SMILES string of the molecule is COC(=O)C1=C(C)N=c2sc(=Cc3ccc(Cl)c([N+](=O)[O-])c3)c(=O)n2C1c1ccccc1. The second-order valence-corrected chi connectivity index (χ2v) is 8.37. The summed E-state index contributed by atoms with van der Waals surface area (Å²) in [6, 6.07) is 12.7. The van der Waals surface area contributed by atoms with Gasteiger partial charge in [-0.05, 0) is 30.2 Å². The van der Waals surface area contributed by atoms with E-state index in [9.17, 15) is 19.7 Å². The zero-order chi connectivity index (χ0) is 23.0. The number of methoxy groups -OCH3 is 1. The average Bonchev–Trinajstić information content (AvgIpc) is 3.08. The van der Waals surface area contributed by atoms with Gasteiger partial charge in [-0.25, -0.2) is 9.79 Å². The van der Waals surface area contributed by atoms with Gasteiger partial charge in [0.1, 0.15) is 5.02 Å². The van der Waals surface area contributed by atoms with Crippen molar-refractivity contribution in [3.05, 3.63) is 106 Å². The van der Waals surface area contributed by atoms with Crippen molar-refractivity contribution in [3.8, 4) is 0 Å². The normalized spacial score (nSPS) is 15.8. The fraction of sp³-hybridized carbons (Fsp3) is 0.136. The number of hydrogen-bond donors (Lipinski definition) is 0. The third-order valence-electron chi connectivity index (χ3n) is 5.01. The molecule has 0 N–H and O–H groups in total. The third kappa shape index (κ3) is 3.76. The van der Waals surface area contributed by atoms with Crippen LogP contribution in [0.1, 0.15) is 24.1 Å². The number of aromatic nitrogens is 1. The monoisotopic (exact) mass is 469 g/mol. The number of ether oxygens (including phenoxy) is 1. The number of nitrogens with zero attached hydrogens (tertiary/aromatic N) is 3. The van der Waals surface area contributed by atoms with Gasteiger partial charge in [0.15, 0.2) is 4.80 Å². The third-order valence-corrected chi connectivity index (χ3v) is 6.31. The summed E-state index contributed by atoms with van der Waals surface area (Å²) < 4.78 is 6.74. The van der Waals surface area contributed by atoms with E-state index in [0.29, 0.717) is 20.6 Å². The van der Waals surface area contributed by atoms with Gasteiger partial charge in [-0.15, -0.1) is 0 Å². The molecule has 32 heavy (non-hydrogen) atoms. The molecular weight excluding hydrogens is 454 g/mol. The van der Waals surface area contributed by atoms with Gasteiger partial charge in [0, 0.05) is 6.07 Å². The van der Waals surface area contributed by atoms with E-state index in [-0.39, 0.29) is 21.8 Å². The first-order valence-corrected chi connectivity index (χ1v) is 10.6. The Morgan fingerprint density at radius 3 is 2.66 bits per heavy atom. The molecule has 162 valence electrons. The lowest BCUT2D eigenvalue weighted by Gasteiger charge is -2.24. The zero-order valence-electron chi connectivity index (χ0n) is 16.9. The summed E-state index contributed by atoms with van der Waals surface area (Å²) in [6.45, 7) is 1.70. The Morgan fingerprint density at radius 1 is 1.28 bits per heavy atom. The van der Waals surface area contributed by atoms with Crippen LogP contribution < -0.4 is 14.9 Å². The van der Waals surface area contributed by atoms with E-state index in [2.05, 4.69) is 4.99 Å². The van der Waals surface area contributed by atoms with E-state index >= 15 is 0 Å². The molecule has 0 amide bonds.